The molecule has 0 aromatic heterocycles. The molecule has 0 amide bonds. The van der Waals surface area contributed by atoms with Crippen LogP contribution in [0.4, 0.5) is 0 Å². The van der Waals surface area contributed by atoms with E-state index < -0.39 is 97.5 Å². The summed E-state index contributed by atoms with van der Waals surface area (Å²) in [6.45, 7) is 4.24. The summed E-state index contributed by atoms with van der Waals surface area (Å²) in [5.41, 5.74) is 0. The molecule has 0 radical (unpaired) electrons. The number of rotatable bonds is 72. The molecule has 0 spiro atoms. The maximum atomic E-state index is 13.1. The summed E-state index contributed by atoms with van der Waals surface area (Å²) in [5, 5.41) is 10.6. The number of carbonyl (C=O) groups excluding carboxylic acids is 4. The Balaban J connectivity index is 5.51. The molecule has 19 heteroatoms. The molecule has 598 valence electrons. The van der Waals surface area contributed by atoms with Gasteiger partial charge in [-0.3, -0.25) is 37.3 Å². The first-order valence-corrected chi connectivity index (χ1v) is 42.7. The van der Waals surface area contributed by atoms with Crippen molar-refractivity contribution in [3.8, 4) is 0 Å². The van der Waals surface area contributed by atoms with E-state index in [1.807, 2.05) is 12.2 Å². The van der Waals surface area contributed by atoms with Gasteiger partial charge >= 0.3 is 39.5 Å². The number of aliphatic hydroxyl groups is 1. The summed E-state index contributed by atoms with van der Waals surface area (Å²) < 4.78 is 68.5. The number of ether oxygens (including phenoxy) is 4. The van der Waals surface area contributed by atoms with Crippen LogP contribution in [-0.4, -0.2) is 96.7 Å². The summed E-state index contributed by atoms with van der Waals surface area (Å²) in [7, 11) is -10.0. The van der Waals surface area contributed by atoms with E-state index in [1.54, 1.807) is 0 Å². The molecule has 0 aliphatic heterocycles. The monoisotopic (exact) mass is 1520 g/mol. The molecule has 106 heavy (non-hydrogen) atoms. The Morgan fingerprint density at radius 2 is 0.472 bits per heavy atom. The van der Waals surface area contributed by atoms with Crippen LogP contribution in [-0.2, 0) is 65.4 Å². The van der Waals surface area contributed by atoms with Crippen molar-refractivity contribution in [2.45, 2.75) is 290 Å². The minimum Gasteiger partial charge on any atom is -0.462 e. The van der Waals surface area contributed by atoms with Gasteiger partial charge in [0.05, 0.1) is 26.4 Å². The number of esters is 4. The lowest BCUT2D eigenvalue weighted by molar-refractivity contribution is -0.161. The zero-order valence-corrected chi connectivity index (χ0v) is 67.1. The predicted molar refractivity (Wildman–Crippen MR) is 436 cm³/mol. The molecule has 0 aromatic rings. The van der Waals surface area contributed by atoms with Crippen LogP contribution in [0.5, 0.6) is 0 Å². The molecule has 5 unspecified atom stereocenters. The Morgan fingerprint density at radius 3 is 0.764 bits per heavy atom. The highest BCUT2D eigenvalue weighted by molar-refractivity contribution is 7.47. The van der Waals surface area contributed by atoms with E-state index in [1.165, 1.54) is 0 Å². The largest absolute Gasteiger partial charge is 0.472 e. The fraction of sp³-hybridized carbons (Fsp3) is 0.586. The maximum Gasteiger partial charge on any atom is 0.472 e. The zero-order valence-electron chi connectivity index (χ0n) is 65.3. The zero-order chi connectivity index (χ0) is 77.4. The number of phosphoric acid groups is 2. The number of hydrogen-bond donors (Lipinski definition) is 3. The van der Waals surface area contributed by atoms with E-state index in [0.29, 0.717) is 38.5 Å². The predicted octanol–water partition coefficient (Wildman–Crippen LogP) is 23.3. The lowest BCUT2D eigenvalue weighted by Gasteiger charge is -2.21. The van der Waals surface area contributed by atoms with Gasteiger partial charge in [-0.2, -0.15) is 0 Å². The first-order chi connectivity index (χ1) is 51.7. The Labute approximate surface area is 640 Å². The van der Waals surface area contributed by atoms with Gasteiger partial charge in [0.25, 0.3) is 0 Å². The highest BCUT2D eigenvalue weighted by atomic mass is 31.2. The first-order valence-electron chi connectivity index (χ1n) is 39.7. The fourth-order valence-corrected chi connectivity index (χ4v) is 11.2. The smallest absolute Gasteiger partial charge is 0.462 e. The van der Waals surface area contributed by atoms with Crippen LogP contribution in [0.3, 0.4) is 0 Å². The molecular formula is C87H138O17P2. The molecule has 5 atom stereocenters. The SMILES string of the molecule is CC/C=C\C/C=C\C/C=C\C/C=C\C/C=C\CCCC(=O)OCC(COP(=O)(O)OCC(O)COP(=O)(O)OCC(COC(=O)CCCCCCCCC/C=C\C/C=C\C/C=C\CC)OC(=O)CCCC/C=C\C/C=C\C/C=C\C/C=C\CC)OC(=O)CCCCCC/C=C\C/C=C\C/C=C\C/C=C\CC. The quantitative estimate of drug-likeness (QED) is 0.0169. The van der Waals surface area contributed by atoms with E-state index in [0.717, 1.165) is 180 Å². The fourth-order valence-electron chi connectivity index (χ4n) is 9.66. The average molecular weight is 1520 g/mol. The summed E-state index contributed by atoms with van der Waals surface area (Å²) in [5.74, 6) is -2.35. The minimum atomic E-state index is -5.01. The Morgan fingerprint density at radius 1 is 0.264 bits per heavy atom. The van der Waals surface area contributed by atoms with Crippen molar-refractivity contribution in [3.63, 3.8) is 0 Å². The van der Waals surface area contributed by atoms with Crippen LogP contribution in [0.25, 0.3) is 0 Å². The highest BCUT2D eigenvalue weighted by Gasteiger charge is 2.30. The standard InChI is InChI=1S/C87H138O17P2/c1-5-9-13-17-21-25-29-33-37-40-44-47-51-55-59-63-67-71-84(89)97-77-82(103-86(91)73-69-65-61-57-53-49-43-36-32-28-24-20-16-12-8-4)79-101-105(93,94)99-75-81(88)76-100-106(95,96)102-80-83(104-87(92)74-70-66-62-58-54-50-46-42-39-35-31-27-23-19-15-11-7-3)78-98-85(90)72-68-64-60-56-52-48-45-41-38-34-30-26-22-18-14-10-6-2/h9-16,21-28,33-39,43,45-46,48,50,53,56-57,60,81-83,88H,5-8,17-20,29-32,40-42,44,47,49,51-52,54-55,58-59,61-80H2,1-4H3,(H,93,94)(H,95,96)/b13-9-,14-10-,15-11-,16-12-,25-21-,26-22-,27-23-,28-24-,37-33-,38-34-,39-35-,43-36-,48-45-,50-46-,57-53-,60-56-. The van der Waals surface area contributed by atoms with Gasteiger partial charge in [-0.05, 0) is 173 Å². The lowest BCUT2D eigenvalue weighted by atomic mass is 10.1. The van der Waals surface area contributed by atoms with Crippen molar-refractivity contribution in [2.24, 2.45) is 0 Å². The normalized spacial score (nSPS) is 14.9. The van der Waals surface area contributed by atoms with Gasteiger partial charge in [0.1, 0.15) is 19.3 Å². The molecule has 3 N–H and O–H groups in total. The molecule has 17 nitrogen and oxygen atoms in total. The molecule has 0 rings (SSSR count). The van der Waals surface area contributed by atoms with Crippen molar-refractivity contribution >= 4 is 39.5 Å². The summed E-state index contributed by atoms with van der Waals surface area (Å²) in [6, 6.07) is 0. The molecule has 0 bridgehead atoms. The highest BCUT2D eigenvalue weighted by Crippen LogP contribution is 2.45. The van der Waals surface area contributed by atoms with Crippen molar-refractivity contribution in [1.29, 1.82) is 0 Å². The summed E-state index contributed by atoms with van der Waals surface area (Å²) in [4.78, 5) is 73.0. The van der Waals surface area contributed by atoms with Crippen molar-refractivity contribution in [2.75, 3.05) is 39.6 Å². The number of allylic oxidation sites excluding steroid dienone is 32. The molecule has 0 fully saturated rings. The molecule has 0 heterocycles. The number of phosphoric ester groups is 2. The van der Waals surface area contributed by atoms with Gasteiger partial charge in [0, 0.05) is 25.7 Å². The minimum absolute atomic E-state index is 0.0311. The Bertz CT molecular complexity index is 2780. The molecular weight excluding hydrogens is 1380 g/mol. The van der Waals surface area contributed by atoms with Crippen LogP contribution in [0.1, 0.15) is 272 Å². The molecule has 0 aromatic carbocycles. The summed E-state index contributed by atoms with van der Waals surface area (Å²) >= 11 is 0. The van der Waals surface area contributed by atoms with Crippen LogP contribution >= 0.6 is 15.6 Å². The van der Waals surface area contributed by atoms with Gasteiger partial charge < -0.3 is 33.8 Å². The lowest BCUT2D eigenvalue weighted by Crippen LogP contribution is -2.30. The van der Waals surface area contributed by atoms with E-state index >= 15 is 0 Å². The van der Waals surface area contributed by atoms with E-state index in [2.05, 4.69) is 210 Å². The molecule has 0 aliphatic carbocycles. The molecule has 0 saturated heterocycles. The third kappa shape index (κ3) is 76.1. The first kappa shape index (κ1) is 99.9. The average Bonchev–Trinajstić information content (AvgIpc) is 0.902. The number of aliphatic hydroxyl groups excluding tert-OH is 1. The second-order valence-electron chi connectivity index (χ2n) is 25.5. The van der Waals surface area contributed by atoms with Gasteiger partial charge in [0.2, 0.25) is 0 Å². The van der Waals surface area contributed by atoms with E-state index in [9.17, 15) is 43.2 Å². The van der Waals surface area contributed by atoms with Crippen LogP contribution in [0.2, 0.25) is 0 Å². The molecule has 0 aliphatic rings. The van der Waals surface area contributed by atoms with Crippen molar-refractivity contribution in [1.82, 2.24) is 0 Å². The van der Waals surface area contributed by atoms with Crippen LogP contribution in [0, 0.1) is 0 Å². The van der Waals surface area contributed by atoms with Crippen LogP contribution in [0.15, 0.2) is 194 Å². The maximum absolute atomic E-state index is 13.1. The third-order valence-electron chi connectivity index (χ3n) is 15.5. The number of hydrogen-bond acceptors (Lipinski definition) is 15. The van der Waals surface area contributed by atoms with E-state index in [4.69, 9.17) is 37.0 Å². The Kier molecular flexibility index (Phi) is 72.6. The number of carbonyl (C=O) groups is 4. The van der Waals surface area contributed by atoms with Gasteiger partial charge in [-0.1, -0.05) is 267 Å². The second-order valence-corrected chi connectivity index (χ2v) is 28.4. The van der Waals surface area contributed by atoms with Crippen molar-refractivity contribution in [3.05, 3.63) is 194 Å². The molecule has 0 saturated carbocycles. The van der Waals surface area contributed by atoms with Crippen LogP contribution < -0.4 is 0 Å². The van der Waals surface area contributed by atoms with Crippen molar-refractivity contribution < 1.29 is 80.2 Å². The van der Waals surface area contributed by atoms with Gasteiger partial charge in [0.15, 0.2) is 12.2 Å². The Hall–Kier alpha value is -6.10. The van der Waals surface area contributed by atoms with E-state index in [-0.39, 0.29) is 25.7 Å². The number of unbranched alkanes of at least 4 members (excludes halogenated alkanes) is 14. The second kappa shape index (κ2) is 77.1. The topological polar surface area (TPSA) is 237 Å². The summed E-state index contributed by atoms with van der Waals surface area (Å²) in [6.07, 6.45) is 94.2. The van der Waals surface area contributed by atoms with Gasteiger partial charge in [-0.25, -0.2) is 9.13 Å². The van der Waals surface area contributed by atoms with Gasteiger partial charge in [-0.15, -0.1) is 0 Å². The third-order valence-corrected chi connectivity index (χ3v) is 17.4.